The largest absolute Gasteiger partial charge is 0.316 e. The molecule has 2 fully saturated rings. The number of nitrogens with zero attached hydrogens (tertiary/aromatic N) is 1. The summed E-state index contributed by atoms with van der Waals surface area (Å²) in [6.45, 7) is 0.730. The summed E-state index contributed by atoms with van der Waals surface area (Å²) in [6, 6.07) is 7.68. The van der Waals surface area contributed by atoms with Crippen LogP contribution >= 0.6 is 0 Å². The number of nitrogens with one attached hydrogen (secondary N) is 1. The minimum absolute atomic E-state index is 0.0326. The van der Waals surface area contributed by atoms with Crippen LogP contribution in [0.3, 0.4) is 0 Å². The predicted octanol–water partition coefficient (Wildman–Crippen LogP) is 2.62. The highest BCUT2D eigenvalue weighted by molar-refractivity contribution is 6.17. The van der Waals surface area contributed by atoms with Crippen molar-refractivity contribution in [2.45, 2.75) is 45.1 Å². The van der Waals surface area contributed by atoms with Crippen molar-refractivity contribution >= 4 is 17.5 Å². The van der Waals surface area contributed by atoms with E-state index in [-0.39, 0.29) is 17.2 Å². The molecule has 0 aromatic heterocycles. The Morgan fingerprint density at radius 2 is 1.81 bits per heavy atom. The minimum atomic E-state index is -0.0345. The molecule has 1 aromatic carbocycles. The fraction of sp³-hybridized carbons (Fsp3) is 0.529. The van der Waals surface area contributed by atoms with E-state index in [0.29, 0.717) is 18.5 Å². The van der Waals surface area contributed by atoms with Crippen LogP contribution in [0.5, 0.6) is 0 Å². The molecule has 1 N–H and O–H groups in total. The van der Waals surface area contributed by atoms with Crippen LogP contribution in [0, 0.1) is 5.41 Å². The average Bonchev–Trinajstić information content (AvgIpc) is 2.86. The van der Waals surface area contributed by atoms with Crippen molar-refractivity contribution in [2.75, 3.05) is 11.9 Å². The van der Waals surface area contributed by atoms with E-state index in [1.807, 2.05) is 31.3 Å². The third kappa shape index (κ3) is 2.72. The van der Waals surface area contributed by atoms with Gasteiger partial charge in [0.05, 0.1) is 5.69 Å². The predicted molar refractivity (Wildman–Crippen MR) is 81.8 cm³/mol. The lowest BCUT2D eigenvalue weighted by atomic mass is 9.76. The van der Waals surface area contributed by atoms with Gasteiger partial charge in [0, 0.05) is 19.4 Å². The molecule has 1 aromatic rings. The van der Waals surface area contributed by atoms with Gasteiger partial charge in [-0.1, -0.05) is 25.0 Å². The number of piperidine rings is 1. The van der Waals surface area contributed by atoms with Gasteiger partial charge in [0.15, 0.2) is 0 Å². The molecule has 1 heterocycles. The maximum atomic E-state index is 12.5. The Balaban J connectivity index is 1.84. The summed E-state index contributed by atoms with van der Waals surface area (Å²) in [5.41, 5.74) is 1.76. The molecular weight excluding hydrogens is 264 g/mol. The lowest BCUT2D eigenvalue weighted by Crippen LogP contribution is -2.47. The van der Waals surface area contributed by atoms with Crippen LogP contribution in [0.25, 0.3) is 0 Å². The van der Waals surface area contributed by atoms with Crippen molar-refractivity contribution in [3.63, 3.8) is 0 Å². The fourth-order valence-electron chi connectivity index (χ4n) is 3.78. The smallest absolute Gasteiger partial charge is 0.234 e. The number of hydrogen-bond donors (Lipinski definition) is 1. The second-order valence-electron chi connectivity index (χ2n) is 6.38. The first-order valence-electron chi connectivity index (χ1n) is 7.73. The van der Waals surface area contributed by atoms with Gasteiger partial charge in [0.25, 0.3) is 0 Å². The van der Waals surface area contributed by atoms with Gasteiger partial charge in [-0.05, 0) is 43.0 Å². The maximum absolute atomic E-state index is 12.5. The first-order valence-corrected chi connectivity index (χ1v) is 7.73. The molecule has 2 aliphatic rings. The molecule has 0 atom stereocenters. The standard InChI is InChI=1S/C17H22N2O2/c1-18-12-13-5-4-6-14(9-13)19-15(20)10-17(11-16(19)21)7-2-3-8-17/h4-6,9,18H,2-3,7-8,10-12H2,1H3. The zero-order valence-corrected chi connectivity index (χ0v) is 12.5. The van der Waals surface area contributed by atoms with Crippen molar-refractivity contribution < 1.29 is 9.59 Å². The van der Waals surface area contributed by atoms with E-state index in [1.165, 1.54) is 4.90 Å². The zero-order chi connectivity index (χ0) is 14.9. The van der Waals surface area contributed by atoms with Crippen molar-refractivity contribution in [3.8, 4) is 0 Å². The highest BCUT2D eigenvalue weighted by Crippen LogP contribution is 2.47. The monoisotopic (exact) mass is 286 g/mol. The zero-order valence-electron chi connectivity index (χ0n) is 12.5. The van der Waals surface area contributed by atoms with Crippen molar-refractivity contribution in [1.82, 2.24) is 5.32 Å². The third-order valence-electron chi connectivity index (χ3n) is 4.77. The van der Waals surface area contributed by atoms with Gasteiger partial charge in [-0.15, -0.1) is 0 Å². The second kappa shape index (κ2) is 5.60. The molecule has 1 aliphatic heterocycles. The summed E-state index contributed by atoms with van der Waals surface area (Å²) in [5, 5.41) is 3.09. The van der Waals surface area contributed by atoms with E-state index in [0.717, 1.165) is 37.8 Å². The quantitative estimate of drug-likeness (QED) is 0.869. The van der Waals surface area contributed by atoms with Gasteiger partial charge >= 0.3 is 0 Å². The second-order valence-corrected chi connectivity index (χ2v) is 6.38. The van der Waals surface area contributed by atoms with E-state index in [4.69, 9.17) is 0 Å². The van der Waals surface area contributed by atoms with Crippen LogP contribution in [-0.4, -0.2) is 18.9 Å². The lowest BCUT2D eigenvalue weighted by molar-refractivity contribution is -0.133. The Kier molecular flexibility index (Phi) is 3.81. The molecule has 0 bridgehead atoms. The van der Waals surface area contributed by atoms with E-state index in [9.17, 15) is 9.59 Å². The number of amides is 2. The van der Waals surface area contributed by atoms with Crippen LogP contribution in [0.15, 0.2) is 24.3 Å². The average molecular weight is 286 g/mol. The van der Waals surface area contributed by atoms with Gasteiger partial charge in [-0.2, -0.15) is 0 Å². The molecule has 1 saturated carbocycles. The highest BCUT2D eigenvalue weighted by Gasteiger charge is 2.45. The van der Waals surface area contributed by atoms with Gasteiger partial charge < -0.3 is 5.32 Å². The number of benzene rings is 1. The molecule has 2 amide bonds. The normalized spacial score (nSPS) is 21.3. The van der Waals surface area contributed by atoms with Crippen molar-refractivity contribution in [2.24, 2.45) is 5.41 Å². The summed E-state index contributed by atoms with van der Waals surface area (Å²) in [5.74, 6) is -0.0653. The Morgan fingerprint density at radius 1 is 1.14 bits per heavy atom. The molecule has 112 valence electrons. The van der Waals surface area contributed by atoms with Gasteiger partial charge in [0.1, 0.15) is 0 Å². The molecule has 0 unspecified atom stereocenters. The Morgan fingerprint density at radius 3 is 2.43 bits per heavy atom. The molecule has 0 radical (unpaired) electrons. The van der Waals surface area contributed by atoms with Gasteiger partial charge in [0.2, 0.25) is 11.8 Å². The molecule has 3 rings (SSSR count). The maximum Gasteiger partial charge on any atom is 0.234 e. The molecular formula is C17H22N2O2. The highest BCUT2D eigenvalue weighted by atomic mass is 16.2. The molecule has 4 heteroatoms. The summed E-state index contributed by atoms with van der Waals surface area (Å²) < 4.78 is 0. The van der Waals surface area contributed by atoms with Crippen LogP contribution < -0.4 is 10.2 Å². The van der Waals surface area contributed by atoms with Crippen LogP contribution in [0.2, 0.25) is 0 Å². The molecule has 21 heavy (non-hydrogen) atoms. The first kappa shape index (κ1) is 14.3. The number of imide groups is 1. The number of anilines is 1. The minimum Gasteiger partial charge on any atom is -0.316 e. The third-order valence-corrected chi connectivity index (χ3v) is 4.77. The van der Waals surface area contributed by atoms with Gasteiger partial charge in [-0.3, -0.25) is 14.5 Å². The van der Waals surface area contributed by atoms with Crippen molar-refractivity contribution in [1.29, 1.82) is 0 Å². The molecule has 1 saturated heterocycles. The van der Waals surface area contributed by atoms with Crippen molar-refractivity contribution in [3.05, 3.63) is 29.8 Å². The fourth-order valence-corrected chi connectivity index (χ4v) is 3.78. The first-order chi connectivity index (χ1) is 10.1. The summed E-state index contributed by atoms with van der Waals surface area (Å²) >= 11 is 0. The summed E-state index contributed by atoms with van der Waals surface area (Å²) in [6.07, 6.45) is 5.40. The summed E-state index contributed by atoms with van der Waals surface area (Å²) in [4.78, 5) is 26.4. The molecule has 1 spiro atoms. The Hall–Kier alpha value is -1.68. The van der Waals surface area contributed by atoms with Gasteiger partial charge in [-0.25, -0.2) is 0 Å². The Bertz CT molecular complexity index is 542. The Labute approximate surface area is 125 Å². The SMILES string of the molecule is CNCc1cccc(N2C(=O)CC3(CCCC3)CC2=O)c1. The van der Waals surface area contributed by atoms with Crippen LogP contribution in [0.1, 0.15) is 44.1 Å². The summed E-state index contributed by atoms with van der Waals surface area (Å²) in [7, 11) is 1.88. The molecule has 4 nitrogen and oxygen atoms in total. The topological polar surface area (TPSA) is 49.4 Å². The van der Waals surface area contributed by atoms with E-state index in [2.05, 4.69) is 5.32 Å². The van der Waals surface area contributed by atoms with Crippen LogP contribution in [0.4, 0.5) is 5.69 Å². The van der Waals surface area contributed by atoms with E-state index in [1.54, 1.807) is 0 Å². The molecule has 1 aliphatic carbocycles. The van der Waals surface area contributed by atoms with E-state index < -0.39 is 0 Å². The lowest BCUT2D eigenvalue weighted by Gasteiger charge is -2.37. The number of hydrogen-bond acceptors (Lipinski definition) is 3. The number of rotatable bonds is 3. The van der Waals surface area contributed by atoms with Crippen LogP contribution in [-0.2, 0) is 16.1 Å². The number of carbonyl (C=O) groups excluding carboxylic acids is 2. The number of carbonyl (C=O) groups is 2. The van der Waals surface area contributed by atoms with E-state index >= 15 is 0 Å².